The number of piperazine rings is 1. The molecule has 6 heteroatoms. The lowest BCUT2D eigenvalue weighted by molar-refractivity contribution is -0.134. The molecule has 1 aliphatic heterocycles. The van der Waals surface area contributed by atoms with Gasteiger partial charge in [-0.1, -0.05) is 0 Å². The van der Waals surface area contributed by atoms with Crippen molar-refractivity contribution >= 4 is 40.1 Å². The van der Waals surface area contributed by atoms with Crippen LogP contribution in [0.5, 0.6) is 0 Å². The summed E-state index contributed by atoms with van der Waals surface area (Å²) in [4.78, 5) is 28.1. The molecule has 1 aromatic rings. The van der Waals surface area contributed by atoms with Gasteiger partial charge in [0.15, 0.2) is 0 Å². The largest absolute Gasteiger partial charge is 0.340 e. The molecule has 3 rings (SSSR count). The summed E-state index contributed by atoms with van der Waals surface area (Å²) in [6.07, 6.45) is 2.11. The molecule has 2 aliphatic rings. The van der Waals surface area contributed by atoms with E-state index in [1.807, 2.05) is 29.2 Å². The highest BCUT2D eigenvalue weighted by Gasteiger charge is 2.34. The van der Waals surface area contributed by atoms with Gasteiger partial charge in [0, 0.05) is 41.4 Å². The number of carbonyl (C=O) groups is 2. The Morgan fingerprint density at radius 2 is 1.73 bits per heavy atom. The summed E-state index contributed by atoms with van der Waals surface area (Å²) in [5.41, 5.74) is 0.827. The summed E-state index contributed by atoms with van der Waals surface area (Å²) in [7, 11) is 0. The number of anilines is 1. The van der Waals surface area contributed by atoms with Crippen LogP contribution in [0.1, 0.15) is 12.8 Å². The van der Waals surface area contributed by atoms with Gasteiger partial charge in [0.2, 0.25) is 11.8 Å². The quantitative estimate of drug-likeness (QED) is 0.766. The van der Waals surface area contributed by atoms with E-state index in [0.29, 0.717) is 12.5 Å². The number of rotatable bonds is 4. The van der Waals surface area contributed by atoms with Gasteiger partial charge in [-0.25, -0.2) is 0 Å². The van der Waals surface area contributed by atoms with E-state index < -0.39 is 0 Å². The Kier molecular flexibility index (Phi) is 4.97. The molecule has 2 amide bonds. The van der Waals surface area contributed by atoms with E-state index in [1.165, 1.54) is 0 Å². The lowest BCUT2D eigenvalue weighted by Gasteiger charge is -2.34. The zero-order valence-electron chi connectivity index (χ0n) is 12.4. The Balaban J connectivity index is 1.43. The summed E-state index contributed by atoms with van der Waals surface area (Å²) >= 11 is 2.24. The summed E-state index contributed by atoms with van der Waals surface area (Å²) in [5.74, 6) is 0.599. The second kappa shape index (κ2) is 6.95. The van der Waals surface area contributed by atoms with Crippen LogP contribution in [-0.4, -0.2) is 54.3 Å². The molecule has 1 N–H and O–H groups in total. The number of hydrogen-bond donors (Lipinski definition) is 1. The van der Waals surface area contributed by atoms with E-state index in [2.05, 4.69) is 32.8 Å². The van der Waals surface area contributed by atoms with Crippen molar-refractivity contribution in [1.29, 1.82) is 0 Å². The maximum Gasteiger partial charge on any atom is 0.238 e. The third-order valence-corrected chi connectivity index (χ3v) is 4.82. The maximum atomic E-state index is 12.1. The van der Waals surface area contributed by atoms with Gasteiger partial charge >= 0.3 is 0 Å². The maximum absolute atomic E-state index is 12.1. The van der Waals surface area contributed by atoms with Crippen molar-refractivity contribution in [3.63, 3.8) is 0 Å². The molecule has 0 unspecified atom stereocenters. The van der Waals surface area contributed by atoms with Crippen LogP contribution in [0.25, 0.3) is 0 Å². The predicted octanol–water partition coefficient (Wildman–Crippen LogP) is 1.78. The third-order valence-electron chi connectivity index (χ3n) is 4.11. The summed E-state index contributed by atoms with van der Waals surface area (Å²) in [5, 5.41) is 2.91. The van der Waals surface area contributed by atoms with E-state index in [1.54, 1.807) is 0 Å². The van der Waals surface area contributed by atoms with Gasteiger partial charge in [-0.3, -0.25) is 14.5 Å². The van der Waals surface area contributed by atoms with E-state index >= 15 is 0 Å². The minimum Gasteiger partial charge on any atom is -0.340 e. The normalized spacial score (nSPS) is 19.0. The molecule has 0 atom stereocenters. The van der Waals surface area contributed by atoms with Gasteiger partial charge in [-0.05, 0) is 59.7 Å². The van der Waals surface area contributed by atoms with Gasteiger partial charge in [-0.15, -0.1) is 0 Å². The molecule has 2 fully saturated rings. The van der Waals surface area contributed by atoms with Crippen LogP contribution in [-0.2, 0) is 9.59 Å². The van der Waals surface area contributed by atoms with Crippen LogP contribution >= 0.6 is 22.6 Å². The minimum atomic E-state index is 0.00294. The van der Waals surface area contributed by atoms with Gasteiger partial charge < -0.3 is 10.2 Å². The zero-order valence-corrected chi connectivity index (χ0v) is 14.6. The summed E-state index contributed by atoms with van der Waals surface area (Å²) < 4.78 is 1.15. The summed E-state index contributed by atoms with van der Waals surface area (Å²) in [6.45, 7) is 3.42. The Labute approximate surface area is 144 Å². The van der Waals surface area contributed by atoms with Crippen molar-refractivity contribution in [3.05, 3.63) is 27.8 Å². The van der Waals surface area contributed by atoms with Crippen LogP contribution in [0.2, 0.25) is 0 Å². The van der Waals surface area contributed by atoms with Crippen LogP contribution in [0.3, 0.4) is 0 Å². The van der Waals surface area contributed by atoms with Crippen molar-refractivity contribution < 1.29 is 9.59 Å². The highest BCUT2D eigenvalue weighted by molar-refractivity contribution is 14.1. The van der Waals surface area contributed by atoms with E-state index in [-0.39, 0.29) is 11.8 Å². The molecule has 1 heterocycles. The first-order valence-electron chi connectivity index (χ1n) is 7.68. The zero-order chi connectivity index (χ0) is 15.5. The van der Waals surface area contributed by atoms with Gasteiger partial charge in [0.1, 0.15) is 0 Å². The molecule has 1 saturated carbocycles. The van der Waals surface area contributed by atoms with Gasteiger partial charge in [0.25, 0.3) is 0 Å². The number of benzene rings is 1. The molecule has 22 heavy (non-hydrogen) atoms. The first kappa shape index (κ1) is 15.7. The highest BCUT2D eigenvalue weighted by Crippen LogP contribution is 2.31. The topological polar surface area (TPSA) is 52.7 Å². The standard InChI is InChI=1S/C16H20IN3O2/c17-13-3-5-14(6-4-13)18-15(21)11-19-7-9-20(10-8-19)16(22)12-1-2-12/h3-6,12H,1-2,7-11H2,(H,18,21). The fraction of sp³-hybridized carbons (Fsp3) is 0.500. The van der Waals surface area contributed by atoms with Crippen molar-refractivity contribution in [3.8, 4) is 0 Å². The molecule has 1 saturated heterocycles. The fourth-order valence-electron chi connectivity index (χ4n) is 2.65. The number of hydrogen-bond acceptors (Lipinski definition) is 3. The molecule has 0 spiro atoms. The molecule has 1 aromatic carbocycles. The molecule has 5 nitrogen and oxygen atoms in total. The Morgan fingerprint density at radius 3 is 2.32 bits per heavy atom. The van der Waals surface area contributed by atoms with Gasteiger partial charge in [0.05, 0.1) is 6.54 Å². The first-order chi connectivity index (χ1) is 10.6. The predicted molar refractivity (Wildman–Crippen MR) is 93.5 cm³/mol. The van der Waals surface area contributed by atoms with Crippen LogP contribution in [0.15, 0.2) is 24.3 Å². The lowest BCUT2D eigenvalue weighted by Crippen LogP contribution is -2.50. The molecule has 0 aromatic heterocycles. The second-order valence-electron chi connectivity index (χ2n) is 5.93. The average Bonchev–Trinajstić information content (AvgIpc) is 3.34. The van der Waals surface area contributed by atoms with Crippen molar-refractivity contribution in [2.24, 2.45) is 5.92 Å². The molecule has 118 valence electrons. The van der Waals surface area contributed by atoms with E-state index in [9.17, 15) is 9.59 Å². The van der Waals surface area contributed by atoms with Crippen LogP contribution in [0.4, 0.5) is 5.69 Å². The second-order valence-corrected chi connectivity index (χ2v) is 7.18. The van der Waals surface area contributed by atoms with Crippen molar-refractivity contribution in [2.75, 3.05) is 38.0 Å². The summed E-state index contributed by atoms with van der Waals surface area (Å²) in [6, 6.07) is 7.76. The Bertz CT molecular complexity index is 549. The van der Waals surface area contributed by atoms with Crippen LogP contribution < -0.4 is 5.32 Å². The number of carbonyl (C=O) groups excluding carboxylic acids is 2. The minimum absolute atomic E-state index is 0.00294. The molecule has 0 radical (unpaired) electrons. The SMILES string of the molecule is O=C(CN1CCN(C(=O)C2CC2)CC1)Nc1ccc(I)cc1. The Morgan fingerprint density at radius 1 is 1.09 bits per heavy atom. The number of nitrogens with zero attached hydrogens (tertiary/aromatic N) is 2. The lowest BCUT2D eigenvalue weighted by atomic mass is 10.2. The third kappa shape index (κ3) is 4.19. The van der Waals surface area contributed by atoms with Crippen LogP contribution in [0, 0.1) is 9.49 Å². The molecular formula is C16H20IN3O2. The highest BCUT2D eigenvalue weighted by atomic mass is 127. The van der Waals surface area contributed by atoms with E-state index in [0.717, 1.165) is 48.3 Å². The molecule has 1 aliphatic carbocycles. The fourth-order valence-corrected chi connectivity index (χ4v) is 3.01. The monoisotopic (exact) mass is 413 g/mol. The van der Waals surface area contributed by atoms with E-state index in [4.69, 9.17) is 0 Å². The van der Waals surface area contributed by atoms with Crippen molar-refractivity contribution in [2.45, 2.75) is 12.8 Å². The average molecular weight is 413 g/mol. The number of halogens is 1. The molecular weight excluding hydrogens is 393 g/mol. The van der Waals surface area contributed by atoms with Gasteiger partial charge in [-0.2, -0.15) is 0 Å². The van der Waals surface area contributed by atoms with Crippen molar-refractivity contribution in [1.82, 2.24) is 9.80 Å². The first-order valence-corrected chi connectivity index (χ1v) is 8.76. The number of nitrogens with one attached hydrogen (secondary N) is 1. The number of amides is 2. The smallest absolute Gasteiger partial charge is 0.238 e. The molecule has 0 bridgehead atoms. The Hall–Kier alpha value is -1.15.